The van der Waals surface area contributed by atoms with E-state index in [4.69, 9.17) is 9.47 Å². The van der Waals surface area contributed by atoms with Crippen LogP contribution in [0.25, 0.3) is 0 Å². The van der Waals surface area contributed by atoms with Crippen molar-refractivity contribution >= 4 is 18.0 Å². The molecule has 0 saturated carbocycles. The van der Waals surface area contributed by atoms with Crippen molar-refractivity contribution < 1.29 is 23.9 Å². The van der Waals surface area contributed by atoms with Crippen LogP contribution in [-0.2, 0) is 25.5 Å². The van der Waals surface area contributed by atoms with Crippen LogP contribution >= 0.6 is 0 Å². The van der Waals surface area contributed by atoms with E-state index < -0.39 is 23.6 Å². The van der Waals surface area contributed by atoms with Crippen LogP contribution in [0.5, 0.6) is 0 Å². The number of nitrogens with zero attached hydrogens (tertiary/aromatic N) is 1. The van der Waals surface area contributed by atoms with E-state index in [0.29, 0.717) is 12.8 Å². The summed E-state index contributed by atoms with van der Waals surface area (Å²) in [4.78, 5) is 39.7. The second kappa shape index (κ2) is 13.4. The van der Waals surface area contributed by atoms with Crippen molar-refractivity contribution in [3.05, 3.63) is 35.9 Å². The highest BCUT2D eigenvalue weighted by Crippen LogP contribution is 2.25. The fourth-order valence-electron chi connectivity index (χ4n) is 4.21. The molecule has 0 aromatic heterocycles. The fraction of sp³-hybridized carbons (Fsp3) is 0.667. The summed E-state index contributed by atoms with van der Waals surface area (Å²) in [5.74, 6) is -1.31. The number of cyclic esters (lactones) is 1. The lowest BCUT2D eigenvalue weighted by atomic mass is 9.94. The lowest BCUT2D eigenvalue weighted by Crippen LogP contribution is -2.44. The van der Waals surface area contributed by atoms with E-state index in [1.54, 1.807) is 0 Å². The number of benzene rings is 1. The van der Waals surface area contributed by atoms with Gasteiger partial charge < -0.3 is 9.47 Å². The third-order valence-corrected chi connectivity index (χ3v) is 5.85. The molecule has 0 radical (unpaired) electrons. The van der Waals surface area contributed by atoms with Gasteiger partial charge in [-0.15, -0.1) is 0 Å². The zero-order chi connectivity index (χ0) is 24.3. The van der Waals surface area contributed by atoms with Crippen molar-refractivity contribution in [3.63, 3.8) is 0 Å². The Balaban J connectivity index is 2.04. The smallest absolute Gasteiger partial charge is 0.416 e. The lowest BCUT2D eigenvalue weighted by molar-refractivity contribution is -0.158. The SMILES string of the molecule is CCCCCCCCCC(CC(=O)OC(C)(C)C)C(=O)N1C(=O)OCC1Cc1ccccc1. The summed E-state index contributed by atoms with van der Waals surface area (Å²) in [7, 11) is 0. The van der Waals surface area contributed by atoms with Gasteiger partial charge in [-0.1, -0.05) is 82.2 Å². The van der Waals surface area contributed by atoms with Gasteiger partial charge in [0.25, 0.3) is 0 Å². The van der Waals surface area contributed by atoms with E-state index >= 15 is 0 Å². The topological polar surface area (TPSA) is 72.9 Å². The van der Waals surface area contributed by atoms with Crippen molar-refractivity contribution in [2.75, 3.05) is 6.61 Å². The maximum absolute atomic E-state index is 13.5. The van der Waals surface area contributed by atoms with E-state index in [1.807, 2.05) is 51.1 Å². The van der Waals surface area contributed by atoms with E-state index in [-0.39, 0.29) is 25.0 Å². The molecule has 1 fully saturated rings. The zero-order valence-electron chi connectivity index (χ0n) is 20.8. The highest BCUT2D eigenvalue weighted by molar-refractivity contribution is 5.96. The first-order valence-electron chi connectivity index (χ1n) is 12.5. The average molecular weight is 460 g/mol. The summed E-state index contributed by atoms with van der Waals surface area (Å²) >= 11 is 0. The van der Waals surface area contributed by atoms with Crippen molar-refractivity contribution in [2.45, 2.75) is 104 Å². The van der Waals surface area contributed by atoms with Gasteiger partial charge in [-0.3, -0.25) is 9.59 Å². The summed E-state index contributed by atoms with van der Waals surface area (Å²) in [6.45, 7) is 7.81. The van der Waals surface area contributed by atoms with Crippen LogP contribution in [-0.4, -0.2) is 41.1 Å². The summed E-state index contributed by atoms with van der Waals surface area (Å²) < 4.78 is 10.7. The van der Waals surface area contributed by atoms with E-state index in [2.05, 4.69) is 6.92 Å². The van der Waals surface area contributed by atoms with Gasteiger partial charge in [-0.2, -0.15) is 0 Å². The molecule has 2 atom stereocenters. The molecular weight excluding hydrogens is 418 g/mol. The second-order valence-electron chi connectivity index (χ2n) is 10.0. The highest BCUT2D eigenvalue weighted by Gasteiger charge is 2.41. The van der Waals surface area contributed by atoms with Gasteiger partial charge in [-0.25, -0.2) is 9.69 Å². The number of ether oxygens (including phenoxy) is 2. The van der Waals surface area contributed by atoms with Crippen LogP contribution < -0.4 is 0 Å². The molecule has 1 aromatic carbocycles. The van der Waals surface area contributed by atoms with Gasteiger partial charge in [0, 0.05) is 5.92 Å². The second-order valence-corrected chi connectivity index (χ2v) is 10.0. The minimum atomic E-state index is -0.619. The van der Waals surface area contributed by atoms with Gasteiger partial charge in [0.05, 0.1) is 12.5 Å². The van der Waals surface area contributed by atoms with Gasteiger partial charge in [-0.05, 0) is 39.2 Å². The largest absolute Gasteiger partial charge is 0.460 e. The molecular formula is C27H41NO5. The molecule has 2 amide bonds. The minimum Gasteiger partial charge on any atom is -0.460 e. The Kier molecular flexibility index (Phi) is 10.9. The summed E-state index contributed by atoms with van der Waals surface area (Å²) in [6.07, 6.45) is 8.33. The molecule has 2 rings (SSSR count). The standard InChI is InChI=1S/C27H41NO5/c1-5-6-7-8-9-10-14-17-22(19-24(29)33-27(2,3)4)25(30)28-23(20-32-26(28)31)18-21-15-12-11-13-16-21/h11-13,15-16,22-23H,5-10,14,17-20H2,1-4H3. The Bertz CT molecular complexity index is 756. The molecule has 33 heavy (non-hydrogen) atoms. The first-order chi connectivity index (χ1) is 15.7. The van der Waals surface area contributed by atoms with Crippen molar-refractivity contribution in [2.24, 2.45) is 5.92 Å². The molecule has 1 aliphatic heterocycles. The summed E-state index contributed by atoms with van der Waals surface area (Å²) in [6, 6.07) is 9.39. The molecule has 184 valence electrons. The Hall–Kier alpha value is -2.37. The van der Waals surface area contributed by atoms with E-state index in [0.717, 1.165) is 24.8 Å². The molecule has 1 aromatic rings. The Morgan fingerprint density at radius 2 is 1.70 bits per heavy atom. The monoisotopic (exact) mass is 459 g/mol. The minimum absolute atomic E-state index is 0.0201. The van der Waals surface area contributed by atoms with E-state index in [1.165, 1.54) is 30.6 Å². The molecule has 0 bridgehead atoms. The number of imide groups is 1. The molecule has 0 N–H and O–H groups in total. The Morgan fingerprint density at radius 1 is 1.06 bits per heavy atom. The fourth-order valence-corrected chi connectivity index (χ4v) is 4.21. The van der Waals surface area contributed by atoms with Crippen LogP contribution in [0.15, 0.2) is 30.3 Å². The predicted molar refractivity (Wildman–Crippen MR) is 129 cm³/mol. The number of carbonyl (C=O) groups is 3. The maximum atomic E-state index is 13.5. The molecule has 1 aliphatic rings. The predicted octanol–water partition coefficient (Wildman–Crippen LogP) is 6.07. The normalized spacial score (nSPS) is 17.0. The van der Waals surface area contributed by atoms with Crippen LogP contribution in [0, 0.1) is 5.92 Å². The molecule has 6 heteroatoms. The van der Waals surface area contributed by atoms with Gasteiger partial charge in [0.1, 0.15) is 12.2 Å². The zero-order valence-corrected chi connectivity index (χ0v) is 20.8. The third kappa shape index (κ3) is 9.56. The molecule has 1 saturated heterocycles. The van der Waals surface area contributed by atoms with Crippen LogP contribution in [0.3, 0.4) is 0 Å². The quantitative estimate of drug-likeness (QED) is 0.265. The first-order valence-corrected chi connectivity index (χ1v) is 12.5. The Morgan fingerprint density at radius 3 is 2.33 bits per heavy atom. The highest BCUT2D eigenvalue weighted by atomic mass is 16.6. The summed E-state index contributed by atoms with van der Waals surface area (Å²) in [5.41, 5.74) is 0.418. The number of unbranched alkanes of at least 4 members (excludes halogenated alkanes) is 6. The van der Waals surface area contributed by atoms with Gasteiger partial charge in [0.2, 0.25) is 5.91 Å². The van der Waals surface area contributed by atoms with Crippen molar-refractivity contribution in [1.82, 2.24) is 4.90 Å². The molecule has 6 nitrogen and oxygen atoms in total. The first kappa shape index (κ1) is 26.9. The molecule has 0 spiro atoms. The number of hydrogen-bond donors (Lipinski definition) is 0. The Labute approximate surface area is 199 Å². The van der Waals surface area contributed by atoms with E-state index in [9.17, 15) is 14.4 Å². The maximum Gasteiger partial charge on any atom is 0.416 e. The van der Waals surface area contributed by atoms with Crippen LogP contribution in [0.2, 0.25) is 0 Å². The molecule has 1 heterocycles. The average Bonchev–Trinajstić information content (AvgIpc) is 3.11. The lowest BCUT2D eigenvalue weighted by Gasteiger charge is -2.26. The van der Waals surface area contributed by atoms with Gasteiger partial charge >= 0.3 is 12.1 Å². The number of esters is 1. The van der Waals surface area contributed by atoms with Gasteiger partial charge in [0.15, 0.2) is 0 Å². The van der Waals surface area contributed by atoms with Crippen LogP contribution in [0.4, 0.5) is 4.79 Å². The molecule has 2 unspecified atom stereocenters. The summed E-state index contributed by atoms with van der Waals surface area (Å²) in [5, 5.41) is 0. The third-order valence-electron chi connectivity index (χ3n) is 5.85. The van der Waals surface area contributed by atoms with Crippen molar-refractivity contribution in [1.29, 1.82) is 0 Å². The number of rotatable bonds is 13. The number of amides is 2. The number of hydrogen-bond acceptors (Lipinski definition) is 5. The number of carbonyl (C=O) groups excluding carboxylic acids is 3. The van der Waals surface area contributed by atoms with Crippen molar-refractivity contribution in [3.8, 4) is 0 Å². The van der Waals surface area contributed by atoms with Crippen LogP contribution in [0.1, 0.15) is 91.0 Å². The molecule has 0 aliphatic carbocycles.